The standard InChI is InChI=1S/C27H27FN6O2/c28-23-9-5-4-8-22(23)26(33-14-12-32(13-15-33)17-20-6-2-1-3-7-20)27-29-30-31-34(27)18-21-10-11-24-25(16-21)36-19-35-24/h1-11,16,26H,12-15,17-19H2/t26-/m0/s1. The van der Waals surface area contributed by atoms with Crippen molar-refractivity contribution in [3.8, 4) is 11.5 Å². The van der Waals surface area contributed by atoms with E-state index < -0.39 is 6.04 Å². The van der Waals surface area contributed by atoms with Crippen LogP contribution in [0.3, 0.4) is 0 Å². The van der Waals surface area contributed by atoms with Gasteiger partial charge in [0.1, 0.15) is 11.9 Å². The summed E-state index contributed by atoms with van der Waals surface area (Å²) in [6, 6.07) is 22.8. The van der Waals surface area contributed by atoms with Gasteiger partial charge in [-0.25, -0.2) is 9.07 Å². The summed E-state index contributed by atoms with van der Waals surface area (Å²) in [6.45, 7) is 4.89. The van der Waals surface area contributed by atoms with E-state index in [2.05, 4.69) is 49.6 Å². The highest BCUT2D eigenvalue weighted by atomic mass is 19.1. The van der Waals surface area contributed by atoms with Gasteiger partial charge in [-0.15, -0.1) is 5.10 Å². The van der Waals surface area contributed by atoms with Gasteiger partial charge in [0.25, 0.3) is 0 Å². The van der Waals surface area contributed by atoms with Crippen molar-refractivity contribution in [1.29, 1.82) is 0 Å². The number of hydrogen-bond donors (Lipinski definition) is 0. The zero-order chi connectivity index (χ0) is 24.3. The van der Waals surface area contributed by atoms with E-state index in [1.807, 2.05) is 36.4 Å². The van der Waals surface area contributed by atoms with Gasteiger partial charge in [-0.2, -0.15) is 0 Å². The van der Waals surface area contributed by atoms with Gasteiger partial charge in [0.05, 0.1) is 6.54 Å². The largest absolute Gasteiger partial charge is 0.454 e. The second-order valence-corrected chi connectivity index (χ2v) is 9.10. The van der Waals surface area contributed by atoms with Crippen LogP contribution in [-0.4, -0.2) is 63.0 Å². The fourth-order valence-corrected chi connectivity index (χ4v) is 4.95. The molecule has 0 N–H and O–H groups in total. The van der Waals surface area contributed by atoms with Crippen LogP contribution in [0.15, 0.2) is 72.8 Å². The molecule has 2 aliphatic rings. The third-order valence-electron chi connectivity index (χ3n) is 6.79. The van der Waals surface area contributed by atoms with E-state index in [0.29, 0.717) is 23.7 Å². The highest BCUT2D eigenvalue weighted by molar-refractivity contribution is 5.44. The average Bonchev–Trinajstić information content (AvgIpc) is 3.56. The zero-order valence-corrected chi connectivity index (χ0v) is 19.8. The summed E-state index contributed by atoms with van der Waals surface area (Å²) in [5.74, 6) is 1.80. The molecule has 1 saturated heterocycles. The molecule has 0 bridgehead atoms. The fraction of sp³-hybridized carbons (Fsp3) is 0.296. The van der Waals surface area contributed by atoms with Crippen molar-refractivity contribution in [3.63, 3.8) is 0 Å². The Morgan fingerprint density at radius 1 is 0.806 bits per heavy atom. The minimum absolute atomic E-state index is 0.223. The molecule has 36 heavy (non-hydrogen) atoms. The van der Waals surface area contributed by atoms with Crippen LogP contribution in [0.4, 0.5) is 4.39 Å². The van der Waals surface area contributed by atoms with E-state index in [1.165, 1.54) is 11.6 Å². The van der Waals surface area contributed by atoms with Crippen molar-refractivity contribution < 1.29 is 13.9 Å². The summed E-state index contributed by atoms with van der Waals surface area (Å²) in [5.41, 5.74) is 2.85. The number of benzene rings is 3. The van der Waals surface area contributed by atoms with Crippen LogP contribution in [0.5, 0.6) is 11.5 Å². The second kappa shape index (κ2) is 10.0. The quantitative estimate of drug-likeness (QED) is 0.396. The molecule has 2 aliphatic heterocycles. The maximum absolute atomic E-state index is 15.1. The van der Waals surface area contributed by atoms with E-state index in [4.69, 9.17) is 9.47 Å². The van der Waals surface area contributed by atoms with Gasteiger partial charge in [-0.05, 0) is 39.8 Å². The molecule has 0 amide bonds. The Bertz CT molecular complexity index is 1320. The van der Waals surface area contributed by atoms with Gasteiger partial charge in [0.15, 0.2) is 17.3 Å². The van der Waals surface area contributed by atoms with Gasteiger partial charge in [-0.3, -0.25) is 9.80 Å². The molecule has 6 rings (SSSR count). The predicted molar refractivity (Wildman–Crippen MR) is 131 cm³/mol. The Morgan fingerprint density at radius 3 is 2.42 bits per heavy atom. The summed E-state index contributed by atoms with van der Waals surface area (Å²) < 4.78 is 27.8. The summed E-state index contributed by atoms with van der Waals surface area (Å²) >= 11 is 0. The molecule has 0 radical (unpaired) electrons. The van der Waals surface area contributed by atoms with Crippen LogP contribution < -0.4 is 9.47 Å². The average molecular weight is 487 g/mol. The van der Waals surface area contributed by atoms with Crippen molar-refractivity contribution in [2.24, 2.45) is 0 Å². The lowest BCUT2D eigenvalue weighted by Crippen LogP contribution is -2.48. The number of halogens is 1. The number of aromatic nitrogens is 4. The highest BCUT2D eigenvalue weighted by Gasteiger charge is 2.32. The van der Waals surface area contributed by atoms with Gasteiger partial charge in [0.2, 0.25) is 6.79 Å². The van der Waals surface area contributed by atoms with Crippen LogP contribution in [0.2, 0.25) is 0 Å². The van der Waals surface area contributed by atoms with E-state index in [0.717, 1.165) is 44.0 Å². The first kappa shape index (κ1) is 22.6. The molecule has 9 heteroatoms. The number of ether oxygens (including phenoxy) is 2. The molecule has 184 valence electrons. The number of piperazine rings is 1. The normalized spacial score (nSPS) is 16.8. The lowest BCUT2D eigenvalue weighted by atomic mass is 10.0. The Balaban J connectivity index is 1.25. The summed E-state index contributed by atoms with van der Waals surface area (Å²) in [6.07, 6.45) is 0. The lowest BCUT2D eigenvalue weighted by Gasteiger charge is -2.39. The van der Waals surface area contributed by atoms with Crippen LogP contribution in [0.25, 0.3) is 0 Å². The molecule has 0 saturated carbocycles. The fourth-order valence-electron chi connectivity index (χ4n) is 4.95. The third kappa shape index (κ3) is 4.67. The highest BCUT2D eigenvalue weighted by Crippen LogP contribution is 2.34. The van der Waals surface area contributed by atoms with Crippen molar-refractivity contribution >= 4 is 0 Å². The molecule has 1 atom stereocenters. The predicted octanol–water partition coefficient (Wildman–Crippen LogP) is 3.50. The molecule has 0 aliphatic carbocycles. The monoisotopic (exact) mass is 486 g/mol. The van der Waals surface area contributed by atoms with Crippen molar-refractivity contribution in [2.75, 3.05) is 33.0 Å². The Hall–Kier alpha value is -3.82. The first-order valence-corrected chi connectivity index (χ1v) is 12.1. The Morgan fingerprint density at radius 2 is 1.58 bits per heavy atom. The molecular formula is C27H27FN6O2. The van der Waals surface area contributed by atoms with E-state index in [-0.39, 0.29) is 12.6 Å². The van der Waals surface area contributed by atoms with Gasteiger partial charge >= 0.3 is 0 Å². The van der Waals surface area contributed by atoms with Gasteiger partial charge in [0, 0.05) is 38.3 Å². The van der Waals surface area contributed by atoms with Crippen LogP contribution in [-0.2, 0) is 13.1 Å². The summed E-state index contributed by atoms with van der Waals surface area (Å²) in [5, 5.41) is 12.6. The van der Waals surface area contributed by atoms with Gasteiger partial charge < -0.3 is 9.47 Å². The molecule has 3 aromatic carbocycles. The first-order valence-electron chi connectivity index (χ1n) is 12.1. The minimum atomic E-state index is -0.394. The maximum Gasteiger partial charge on any atom is 0.231 e. The molecule has 4 aromatic rings. The third-order valence-corrected chi connectivity index (χ3v) is 6.79. The van der Waals surface area contributed by atoms with Crippen LogP contribution >= 0.6 is 0 Å². The lowest BCUT2D eigenvalue weighted by molar-refractivity contribution is 0.0990. The zero-order valence-electron chi connectivity index (χ0n) is 19.8. The number of fused-ring (bicyclic) bond motifs is 1. The Kier molecular flexibility index (Phi) is 6.31. The molecule has 8 nitrogen and oxygen atoms in total. The Labute approximate surface area is 208 Å². The molecule has 3 heterocycles. The summed E-state index contributed by atoms with van der Waals surface area (Å²) in [4.78, 5) is 4.71. The molecule has 0 spiro atoms. The summed E-state index contributed by atoms with van der Waals surface area (Å²) in [7, 11) is 0. The van der Waals surface area contributed by atoms with E-state index in [1.54, 1.807) is 10.7 Å². The molecule has 0 unspecified atom stereocenters. The second-order valence-electron chi connectivity index (χ2n) is 9.10. The smallest absolute Gasteiger partial charge is 0.231 e. The number of hydrogen-bond acceptors (Lipinski definition) is 7. The first-order chi connectivity index (χ1) is 17.7. The van der Waals surface area contributed by atoms with Gasteiger partial charge in [-0.1, -0.05) is 54.6 Å². The number of rotatable bonds is 7. The van der Waals surface area contributed by atoms with Crippen molar-refractivity contribution in [1.82, 2.24) is 30.0 Å². The molecular weight excluding hydrogens is 459 g/mol. The maximum atomic E-state index is 15.1. The van der Waals surface area contributed by atoms with Crippen molar-refractivity contribution in [2.45, 2.75) is 19.1 Å². The molecule has 1 aromatic heterocycles. The van der Waals surface area contributed by atoms with Crippen molar-refractivity contribution in [3.05, 3.63) is 101 Å². The SMILES string of the molecule is Fc1ccccc1[C@@H](c1nnnn1Cc1ccc2c(c1)OCO2)N1CCN(Cc2ccccc2)CC1. The topological polar surface area (TPSA) is 68.5 Å². The van der Waals surface area contributed by atoms with E-state index >= 15 is 4.39 Å². The minimum Gasteiger partial charge on any atom is -0.454 e. The number of nitrogens with zero attached hydrogens (tertiary/aromatic N) is 6. The van der Waals surface area contributed by atoms with Crippen LogP contribution in [0, 0.1) is 5.82 Å². The number of tetrazole rings is 1. The van der Waals surface area contributed by atoms with E-state index in [9.17, 15) is 0 Å². The molecule has 1 fully saturated rings. The van der Waals surface area contributed by atoms with Crippen LogP contribution in [0.1, 0.15) is 28.6 Å².